The van der Waals surface area contributed by atoms with Crippen molar-refractivity contribution in [1.82, 2.24) is 8.96 Å². The first-order chi connectivity index (χ1) is 10.6. The average molecular weight is 316 g/mol. The van der Waals surface area contributed by atoms with E-state index in [1.807, 2.05) is 0 Å². The predicted molar refractivity (Wildman–Crippen MR) is 80.1 cm³/mol. The fraction of sp³-hybridized carbons (Fsp3) is 0.0667. The fourth-order valence-corrected chi connectivity index (χ4v) is 3.68. The number of benzene rings is 1. The molecule has 2 heterocycles. The number of hydrogen-bond acceptors (Lipinski definition) is 5. The third-order valence-corrected chi connectivity index (χ3v) is 4.91. The molecule has 0 saturated heterocycles. The molecule has 0 aliphatic heterocycles. The van der Waals surface area contributed by atoms with Crippen molar-refractivity contribution in [2.75, 3.05) is 7.11 Å². The molecule has 112 valence electrons. The van der Waals surface area contributed by atoms with Gasteiger partial charge < -0.3 is 4.74 Å². The molecule has 0 radical (unpaired) electrons. The number of methoxy groups -OCH3 is 1. The zero-order valence-corrected chi connectivity index (χ0v) is 12.4. The van der Waals surface area contributed by atoms with E-state index in [1.165, 1.54) is 31.5 Å². The second-order valence-corrected chi connectivity index (χ2v) is 6.31. The molecule has 0 spiro atoms. The molecule has 7 heteroatoms. The number of rotatable bonds is 3. The summed E-state index contributed by atoms with van der Waals surface area (Å²) >= 11 is 0. The smallest absolute Gasteiger partial charge is 0.355 e. The molecule has 0 bridgehead atoms. The van der Waals surface area contributed by atoms with Gasteiger partial charge in [0.2, 0.25) is 0 Å². The quantitative estimate of drug-likeness (QED) is 0.691. The van der Waals surface area contributed by atoms with Gasteiger partial charge in [-0.3, -0.25) is 0 Å². The average Bonchev–Trinajstić information content (AvgIpc) is 2.95. The second kappa shape index (κ2) is 5.27. The maximum Gasteiger partial charge on any atom is 0.355 e. The number of esters is 1. The van der Waals surface area contributed by atoms with Crippen molar-refractivity contribution in [2.24, 2.45) is 0 Å². The monoisotopic (exact) mass is 316 g/mol. The Morgan fingerprint density at radius 2 is 1.86 bits per heavy atom. The van der Waals surface area contributed by atoms with Crippen LogP contribution < -0.4 is 0 Å². The van der Waals surface area contributed by atoms with Crippen LogP contribution in [0.1, 0.15) is 10.5 Å². The number of carbonyl (C=O) groups excluding carboxylic acids is 1. The molecule has 0 unspecified atom stereocenters. The highest BCUT2D eigenvalue weighted by molar-refractivity contribution is 7.90. The number of hydrogen-bond donors (Lipinski definition) is 0. The van der Waals surface area contributed by atoms with Crippen molar-refractivity contribution >= 4 is 27.0 Å². The van der Waals surface area contributed by atoms with Crippen LogP contribution in [0.3, 0.4) is 0 Å². The van der Waals surface area contributed by atoms with E-state index in [4.69, 9.17) is 0 Å². The van der Waals surface area contributed by atoms with E-state index < -0.39 is 16.0 Å². The highest BCUT2D eigenvalue weighted by atomic mass is 32.2. The Hall–Kier alpha value is -2.67. The van der Waals surface area contributed by atoms with Gasteiger partial charge in [0.05, 0.1) is 12.0 Å². The first kappa shape index (κ1) is 14.3. The highest BCUT2D eigenvalue weighted by Gasteiger charge is 2.27. The minimum Gasteiger partial charge on any atom is -0.464 e. The van der Waals surface area contributed by atoms with E-state index in [0.717, 1.165) is 3.97 Å². The largest absolute Gasteiger partial charge is 0.464 e. The number of fused-ring (bicyclic) bond motifs is 1. The maximum atomic E-state index is 12.9. The minimum atomic E-state index is -3.95. The SMILES string of the molecule is COC(=O)c1cc2cccnc2n1S(=O)(=O)c1ccccc1. The lowest BCUT2D eigenvalue weighted by Gasteiger charge is -2.10. The van der Waals surface area contributed by atoms with Gasteiger partial charge >= 0.3 is 5.97 Å². The van der Waals surface area contributed by atoms with Crippen LogP contribution in [0.5, 0.6) is 0 Å². The van der Waals surface area contributed by atoms with Crippen LogP contribution in [0.15, 0.2) is 59.6 Å². The van der Waals surface area contributed by atoms with Crippen molar-refractivity contribution in [1.29, 1.82) is 0 Å². The summed E-state index contributed by atoms with van der Waals surface area (Å²) < 4.78 is 31.3. The first-order valence-corrected chi connectivity index (χ1v) is 7.85. The summed E-state index contributed by atoms with van der Waals surface area (Å²) in [6.45, 7) is 0. The zero-order chi connectivity index (χ0) is 15.7. The molecule has 22 heavy (non-hydrogen) atoms. The van der Waals surface area contributed by atoms with Gasteiger partial charge in [0.25, 0.3) is 10.0 Å². The summed E-state index contributed by atoms with van der Waals surface area (Å²) in [5, 5.41) is 0.544. The molecule has 0 N–H and O–H groups in total. The Balaban J connectivity index is 2.36. The number of aromatic nitrogens is 2. The van der Waals surface area contributed by atoms with E-state index >= 15 is 0 Å². The number of nitrogens with zero attached hydrogens (tertiary/aromatic N) is 2. The molecule has 0 atom stereocenters. The standard InChI is InChI=1S/C15H12N2O4S/c1-21-15(18)13-10-11-6-5-9-16-14(11)17(13)22(19,20)12-7-3-2-4-8-12/h2-10H,1H3. The van der Waals surface area contributed by atoms with Crippen LogP contribution in [-0.4, -0.2) is 30.5 Å². The van der Waals surface area contributed by atoms with Gasteiger partial charge in [0.15, 0.2) is 5.65 Å². The van der Waals surface area contributed by atoms with Gasteiger partial charge in [0.1, 0.15) is 5.69 Å². The first-order valence-electron chi connectivity index (χ1n) is 6.41. The lowest BCUT2D eigenvalue weighted by Crippen LogP contribution is -2.19. The fourth-order valence-electron chi connectivity index (χ4n) is 2.20. The zero-order valence-electron chi connectivity index (χ0n) is 11.6. The van der Waals surface area contributed by atoms with Gasteiger partial charge in [-0.25, -0.2) is 22.2 Å². The Morgan fingerprint density at radius 1 is 1.14 bits per heavy atom. The van der Waals surface area contributed by atoms with Gasteiger partial charge in [-0.2, -0.15) is 0 Å². The molecule has 0 saturated carbocycles. The highest BCUT2D eigenvalue weighted by Crippen LogP contribution is 2.24. The molecule has 1 aromatic carbocycles. The number of carbonyl (C=O) groups is 1. The Kier molecular flexibility index (Phi) is 3.42. The molecule has 0 aliphatic carbocycles. The molecule has 6 nitrogen and oxygen atoms in total. The number of pyridine rings is 1. The van der Waals surface area contributed by atoms with Crippen LogP contribution in [0.25, 0.3) is 11.0 Å². The second-order valence-electron chi connectivity index (χ2n) is 4.52. The molecule has 0 aliphatic rings. The van der Waals surface area contributed by atoms with Crippen LogP contribution >= 0.6 is 0 Å². The summed E-state index contributed by atoms with van der Waals surface area (Å²) in [5.74, 6) is -0.738. The van der Waals surface area contributed by atoms with E-state index in [1.54, 1.807) is 30.3 Å². The molecular weight excluding hydrogens is 304 g/mol. The topological polar surface area (TPSA) is 78.3 Å². The maximum absolute atomic E-state index is 12.9. The summed E-state index contributed by atoms with van der Waals surface area (Å²) in [5.41, 5.74) is 0.104. The van der Waals surface area contributed by atoms with Crippen LogP contribution in [0.2, 0.25) is 0 Å². The normalized spacial score (nSPS) is 11.5. The minimum absolute atomic E-state index is 0.0725. The van der Waals surface area contributed by atoms with Crippen LogP contribution in [-0.2, 0) is 14.8 Å². The van der Waals surface area contributed by atoms with Crippen molar-refractivity contribution in [3.63, 3.8) is 0 Å². The predicted octanol–water partition coefficient (Wildman–Crippen LogP) is 2.06. The summed E-state index contributed by atoms with van der Waals surface area (Å²) in [6.07, 6.45) is 1.47. The summed E-state index contributed by atoms with van der Waals surface area (Å²) in [6, 6.07) is 12.7. The lowest BCUT2D eigenvalue weighted by molar-refractivity contribution is 0.0593. The van der Waals surface area contributed by atoms with Gasteiger partial charge in [-0.1, -0.05) is 18.2 Å². The van der Waals surface area contributed by atoms with Gasteiger partial charge in [-0.15, -0.1) is 0 Å². The summed E-state index contributed by atoms with van der Waals surface area (Å²) in [4.78, 5) is 16.1. The van der Waals surface area contributed by atoms with Crippen LogP contribution in [0.4, 0.5) is 0 Å². The van der Waals surface area contributed by atoms with E-state index in [2.05, 4.69) is 9.72 Å². The number of ether oxygens (including phenoxy) is 1. The molecule has 0 amide bonds. The molecule has 3 aromatic rings. The van der Waals surface area contributed by atoms with Crippen molar-refractivity contribution < 1.29 is 17.9 Å². The molecule has 3 rings (SSSR count). The Morgan fingerprint density at radius 3 is 2.55 bits per heavy atom. The summed E-state index contributed by atoms with van der Waals surface area (Å²) in [7, 11) is -2.75. The van der Waals surface area contributed by atoms with E-state index in [0.29, 0.717) is 5.39 Å². The lowest BCUT2D eigenvalue weighted by atomic mass is 10.3. The third-order valence-electron chi connectivity index (χ3n) is 3.20. The van der Waals surface area contributed by atoms with Crippen molar-refractivity contribution in [3.8, 4) is 0 Å². The van der Waals surface area contributed by atoms with Gasteiger partial charge in [0, 0.05) is 11.6 Å². The molecule has 0 fully saturated rings. The van der Waals surface area contributed by atoms with Gasteiger partial charge in [-0.05, 0) is 30.3 Å². The Labute approximate surface area is 127 Å². The van der Waals surface area contributed by atoms with Crippen molar-refractivity contribution in [2.45, 2.75) is 4.90 Å². The molecular formula is C15H12N2O4S. The Bertz CT molecular complexity index is 946. The molecule has 2 aromatic heterocycles. The third kappa shape index (κ3) is 2.15. The van der Waals surface area contributed by atoms with E-state index in [9.17, 15) is 13.2 Å². The van der Waals surface area contributed by atoms with Crippen LogP contribution in [0, 0.1) is 0 Å². The van der Waals surface area contributed by atoms with Crippen molar-refractivity contribution in [3.05, 3.63) is 60.4 Å². The van der Waals surface area contributed by atoms with E-state index in [-0.39, 0.29) is 16.2 Å².